The van der Waals surface area contributed by atoms with Gasteiger partial charge in [0.25, 0.3) is 20.2 Å². The zero-order valence-electron chi connectivity index (χ0n) is 37.8. The average Bonchev–Trinajstić information content (AvgIpc) is 3.22. The van der Waals surface area contributed by atoms with E-state index in [0.29, 0.717) is 45.9 Å². The van der Waals surface area contributed by atoms with Crippen molar-refractivity contribution in [2.24, 2.45) is 20.5 Å². The molecular formula is C39H50Cl2N13O7S2U-. The summed E-state index contributed by atoms with van der Waals surface area (Å²) in [6.07, 6.45) is 2.98. The zero-order valence-corrected chi connectivity index (χ0v) is 44.2. The Hall–Kier alpha value is -4.99. The fourth-order valence-electron chi connectivity index (χ4n) is 4.38. The summed E-state index contributed by atoms with van der Waals surface area (Å²) in [5.74, 6) is 0.684. The van der Waals surface area contributed by atoms with Crippen molar-refractivity contribution in [3.05, 3.63) is 101 Å². The third-order valence-electron chi connectivity index (χ3n) is 7.01. The molecule has 20 nitrogen and oxygen atoms in total. The molecule has 4 aromatic carbocycles. The Morgan fingerprint density at radius 1 is 0.734 bits per heavy atom. The summed E-state index contributed by atoms with van der Waals surface area (Å²) < 4.78 is 65.5. The van der Waals surface area contributed by atoms with Gasteiger partial charge in [0.1, 0.15) is 27.9 Å². The van der Waals surface area contributed by atoms with Crippen LogP contribution in [0.5, 0.6) is 5.75 Å². The molecule has 2 aromatic heterocycles. The first-order valence-electron chi connectivity index (χ1n) is 18.9. The van der Waals surface area contributed by atoms with E-state index in [9.17, 15) is 26.5 Å². The molecule has 0 aliphatic carbocycles. The second-order valence-electron chi connectivity index (χ2n) is 12.1. The number of nitrogens with zero attached hydrogens (tertiary/aromatic N) is 12. The molecule has 0 saturated carbocycles. The molecular weight excluding hydrogens is 1140 g/mol. The molecule has 0 aliphatic heterocycles. The number of aromatic nitrogens is 6. The van der Waals surface area contributed by atoms with Crippen molar-refractivity contribution >= 4 is 94.5 Å². The van der Waals surface area contributed by atoms with Crippen molar-refractivity contribution in [2.45, 2.75) is 46.4 Å². The Kier molecular flexibility index (Phi) is 25.6. The van der Waals surface area contributed by atoms with Crippen LogP contribution in [0.2, 0.25) is 10.6 Å². The maximum absolute atomic E-state index is 11.6. The van der Waals surface area contributed by atoms with E-state index < -0.39 is 25.1 Å². The molecule has 0 bridgehead atoms. The van der Waals surface area contributed by atoms with Gasteiger partial charge in [-0.2, -0.15) is 36.9 Å². The summed E-state index contributed by atoms with van der Waals surface area (Å²) in [6, 6.07) is 18.4. The Bertz CT molecular complexity index is 2730. The Labute approximate surface area is 408 Å². The van der Waals surface area contributed by atoms with Crippen LogP contribution in [0.15, 0.2) is 98.4 Å². The normalized spacial score (nSPS) is 10.8. The van der Waals surface area contributed by atoms with Gasteiger partial charge >= 0.3 is 0 Å². The smallest absolute Gasteiger partial charge is 0.296 e. The van der Waals surface area contributed by atoms with E-state index in [0.717, 1.165) is 5.56 Å². The number of aryl methyl sites for hydroxylation is 2. The fraction of sp³-hybridized carbons (Fsp3) is 0.282. The molecule has 6 aromatic rings. The van der Waals surface area contributed by atoms with E-state index >= 15 is 0 Å². The van der Waals surface area contributed by atoms with Crippen molar-refractivity contribution < 1.29 is 63.5 Å². The first kappa shape index (κ1) is 57.0. The number of halogens is 2. The van der Waals surface area contributed by atoms with Gasteiger partial charge in [-0.15, -0.1) is 15.3 Å². The molecule has 344 valence electrons. The van der Waals surface area contributed by atoms with Crippen LogP contribution in [0.4, 0.5) is 40.3 Å². The number of nitrogen functional groups attached to an aromatic ring is 1. The number of phenolic OH excluding ortho intramolecular Hbond substituents is 1. The monoisotopic (exact) mass is 1190 g/mol. The first-order valence-corrected chi connectivity index (χ1v) is 22.4. The quantitative estimate of drug-likeness (QED) is 0.0501. The van der Waals surface area contributed by atoms with Crippen molar-refractivity contribution in [1.82, 2.24) is 29.9 Å². The molecule has 0 fully saturated rings. The molecule has 0 saturated heterocycles. The number of aromatic hydroxyl groups is 1. The summed E-state index contributed by atoms with van der Waals surface area (Å²) in [5.41, 5.74) is 9.19. The molecule has 2 heterocycles. The van der Waals surface area contributed by atoms with E-state index in [-0.39, 0.29) is 70.8 Å². The van der Waals surface area contributed by atoms with Crippen LogP contribution in [0.3, 0.4) is 0 Å². The van der Waals surface area contributed by atoms with Gasteiger partial charge in [0, 0.05) is 59.2 Å². The van der Waals surface area contributed by atoms with Crippen molar-refractivity contribution in [2.75, 3.05) is 50.0 Å². The molecule has 64 heavy (non-hydrogen) atoms. The Morgan fingerprint density at radius 2 is 1.23 bits per heavy atom. The topological polar surface area (TPSA) is 288 Å². The fourth-order valence-corrected chi connectivity index (χ4v) is 5.36. The predicted octanol–water partition coefficient (Wildman–Crippen LogP) is 9.36. The van der Waals surface area contributed by atoms with Crippen LogP contribution in [-0.2, 0) is 20.2 Å². The van der Waals surface area contributed by atoms with Gasteiger partial charge in [0.05, 0.1) is 23.0 Å². The van der Waals surface area contributed by atoms with E-state index in [2.05, 4.69) is 56.7 Å². The number of phenols is 1. The van der Waals surface area contributed by atoms with Crippen LogP contribution in [0.25, 0.3) is 10.8 Å². The minimum Gasteiger partial charge on any atom is -0.505 e. The molecule has 0 spiro atoms. The van der Waals surface area contributed by atoms with Crippen molar-refractivity contribution in [3.8, 4) is 5.75 Å². The van der Waals surface area contributed by atoms with Crippen LogP contribution < -0.4 is 15.5 Å². The zero-order chi connectivity index (χ0) is 48.9. The maximum Gasteiger partial charge on any atom is 0.296 e. The molecule has 0 atom stereocenters. The van der Waals surface area contributed by atoms with Crippen LogP contribution in [0, 0.1) is 51.3 Å². The summed E-state index contributed by atoms with van der Waals surface area (Å²) in [6.45, 7) is 11.6. The van der Waals surface area contributed by atoms with Crippen LogP contribution in [0.1, 0.15) is 40.2 Å². The van der Waals surface area contributed by atoms with Gasteiger partial charge in [0.2, 0.25) is 16.5 Å². The summed E-state index contributed by atoms with van der Waals surface area (Å²) in [5, 5.41) is 28.7. The maximum atomic E-state index is 11.6. The minimum atomic E-state index is -4.50. The molecule has 0 aliphatic rings. The SMILES string of the molecule is CC.CC.CN(C)c1nc(Cl)nc(Cl)n1.CS(=O)(=O)O.Cc1ccccc1N=Nc1ccc2cc(C)c(N=Nc3ccccc3S(=O)(=O)O)c(O)c2c1N.[3H]c1n[c-]nc(N(C)C)n1.[U]. The second-order valence-corrected chi connectivity index (χ2v) is 15.7. The molecule has 6 rings (SSSR count). The van der Waals surface area contributed by atoms with Gasteiger partial charge in [0.15, 0.2) is 5.75 Å². The number of hydrogen-bond donors (Lipinski definition) is 4. The molecule has 5 N–H and O–H groups in total. The number of fused-ring (bicyclic) bond motifs is 1. The average molecular weight is 1190 g/mol. The van der Waals surface area contributed by atoms with Gasteiger partial charge < -0.3 is 35.6 Å². The number of anilines is 3. The van der Waals surface area contributed by atoms with Crippen LogP contribution >= 0.6 is 23.2 Å². The summed E-state index contributed by atoms with van der Waals surface area (Å²) >= 11 is 11.0. The largest absolute Gasteiger partial charge is 0.505 e. The molecule has 0 radical (unpaired) electrons. The predicted molar refractivity (Wildman–Crippen MR) is 248 cm³/mol. The molecule has 0 amide bonds. The number of nitrogens with two attached hydrogens (primary N) is 1. The van der Waals surface area contributed by atoms with E-state index in [1.807, 2.05) is 58.9 Å². The first-order chi connectivity index (χ1) is 30.0. The molecule has 25 heteroatoms. The Balaban J connectivity index is 0.00000107. The standard InChI is InChI=1S/C24H21N5O4S.C5H6Cl2N4.C5H7N4.2C2H6.CH4O3S.U/c1-14-7-3-4-8-17(14)26-28-19-12-11-16-13-15(2)23(24(30)21(16)22(19)25)29-27-18-9-5-6-10-20(18)34(31,32)33;1-11(2)5-9-3(6)8-4(7)10-5;1-9(2)5-7-3-6-4-8-5;2*1-2;1-5(2,3)4;/h3-13,30H,25H2,1-2H3,(H,31,32,33);1-2H3;3H,1-2H3;2*1-2H3;1H3,(H,2,3,4);/q;;-1;;;;/i;;3T;;;;. The number of azo groups is 2. The summed E-state index contributed by atoms with van der Waals surface area (Å²) in [4.78, 5) is 25.1. The number of benzene rings is 4. The number of rotatable bonds is 7. The molecule has 0 unspecified atom stereocenters. The third kappa shape index (κ3) is 20.2. The van der Waals surface area contributed by atoms with Gasteiger partial charge in [-0.1, -0.05) is 64.1 Å². The van der Waals surface area contributed by atoms with Crippen molar-refractivity contribution in [1.29, 1.82) is 0 Å². The van der Waals surface area contributed by atoms with Gasteiger partial charge in [-0.05, 0) is 98.0 Å². The van der Waals surface area contributed by atoms with E-state index in [1.54, 1.807) is 69.2 Å². The summed E-state index contributed by atoms with van der Waals surface area (Å²) in [7, 11) is -0.987. The van der Waals surface area contributed by atoms with Crippen LogP contribution in [-0.4, -0.2) is 95.4 Å². The van der Waals surface area contributed by atoms with E-state index in [1.165, 1.54) is 18.2 Å². The van der Waals surface area contributed by atoms with Gasteiger partial charge in [-0.3, -0.25) is 9.11 Å². The van der Waals surface area contributed by atoms with Crippen molar-refractivity contribution in [3.63, 3.8) is 0 Å². The second kappa shape index (κ2) is 28.7. The minimum absolute atomic E-state index is 0. The van der Waals surface area contributed by atoms with E-state index in [4.69, 9.17) is 34.9 Å². The third-order valence-corrected chi connectivity index (χ3v) is 8.25. The Morgan fingerprint density at radius 3 is 1.73 bits per heavy atom. The number of hydrogen-bond acceptors (Lipinski definition) is 18. The van der Waals surface area contributed by atoms with Gasteiger partial charge in [-0.25, -0.2) is 0 Å².